The first-order chi connectivity index (χ1) is 14.5. The van der Waals surface area contributed by atoms with Crippen LogP contribution in [0.25, 0.3) is 0 Å². The normalized spacial score (nSPS) is 10.7. The molecule has 2 aromatic carbocycles. The highest BCUT2D eigenvalue weighted by Gasteiger charge is 2.15. The molecule has 0 radical (unpaired) electrons. The average molecular weight is 447 g/mol. The van der Waals surface area contributed by atoms with Crippen molar-refractivity contribution in [2.75, 3.05) is 18.2 Å². The van der Waals surface area contributed by atoms with Crippen molar-refractivity contribution in [3.63, 3.8) is 0 Å². The molecule has 1 amide bonds. The number of anilines is 1. The zero-order chi connectivity index (χ0) is 21.5. The number of aryl methyl sites for hydroxylation is 1. The number of rotatable bonds is 9. The molecule has 0 aliphatic heterocycles. The van der Waals surface area contributed by atoms with E-state index in [0.29, 0.717) is 40.6 Å². The van der Waals surface area contributed by atoms with Crippen LogP contribution in [0.4, 0.5) is 5.69 Å². The highest BCUT2D eigenvalue weighted by atomic mass is 35.5. The molecule has 0 aliphatic carbocycles. The second-order valence-corrected chi connectivity index (χ2v) is 7.76. The van der Waals surface area contributed by atoms with Gasteiger partial charge in [0.2, 0.25) is 5.91 Å². The molecule has 9 heteroatoms. The summed E-state index contributed by atoms with van der Waals surface area (Å²) in [5.41, 5.74) is 1.59. The first kappa shape index (κ1) is 22.0. The lowest BCUT2D eigenvalue weighted by Gasteiger charge is -2.11. The van der Waals surface area contributed by atoms with Gasteiger partial charge in [0, 0.05) is 11.6 Å². The van der Waals surface area contributed by atoms with Gasteiger partial charge in [0.1, 0.15) is 18.1 Å². The molecule has 0 saturated carbocycles. The maximum Gasteiger partial charge on any atom is 0.234 e. The largest absolute Gasteiger partial charge is 0.495 e. The Balaban J connectivity index is 1.61. The monoisotopic (exact) mass is 446 g/mol. The quantitative estimate of drug-likeness (QED) is 0.485. The van der Waals surface area contributed by atoms with Crippen LogP contribution in [0.15, 0.2) is 47.6 Å². The van der Waals surface area contributed by atoms with Crippen LogP contribution in [0.5, 0.6) is 11.5 Å². The molecule has 0 bridgehead atoms. The highest BCUT2D eigenvalue weighted by molar-refractivity contribution is 7.99. The fraction of sp³-hybridized carbons (Fsp3) is 0.286. The number of carbonyl (C=O) groups excluding carboxylic acids is 1. The second-order valence-electron chi connectivity index (χ2n) is 6.38. The van der Waals surface area contributed by atoms with E-state index in [1.807, 2.05) is 42.7 Å². The summed E-state index contributed by atoms with van der Waals surface area (Å²) in [7, 11) is 1.54. The summed E-state index contributed by atoms with van der Waals surface area (Å²) in [6.45, 7) is 4.97. The number of para-hydroxylation sites is 1. The van der Waals surface area contributed by atoms with E-state index in [2.05, 4.69) is 15.5 Å². The molecule has 0 atom stereocenters. The number of halogens is 1. The predicted molar refractivity (Wildman–Crippen MR) is 119 cm³/mol. The lowest BCUT2D eigenvalue weighted by atomic mass is 10.2. The highest BCUT2D eigenvalue weighted by Crippen LogP contribution is 2.28. The molecule has 0 saturated heterocycles. The molecule has 3 aromatic rings. The summed E-state index contributed by atoms with van der Waals surface area (Å²) in [4.78, 5) is 12.4. The van der Waals surface area contributed by atoms with Crippen molar-refractivity contribution in [2.45, 2.75) is 32.2 Å². The third kappa shape index (κ3) is 5.46. The molecule has 158 valence electrons. The molecule has 1 heterocycles. The Hall–Kier alpha value is -2.71. The summed E-state index contributed by atoms with van der Waals surface area (Å²) >= 11 is 7.32. The van der Waals surface area contributed by atoms with Gasteiger partial charge in [-0.1, -0.05) is 41.6 Å². The number of amides is 1. The van der Waals surface area contributed by atoms with Crippen molar-refractivity contribution in [3.8, 4) is 11.5 Å². The Morgan fingerprint density at radius 2 is 2.00 bits per heavy atom. The number of hydrogen-bond acceptors (Lipinski definition) is 6. The van der Waals surface area contributed by atoms with Crippen molar-refractivity contribution in [3.05, 3.63) is 58.9 Å². The van der Waals surface area contributed by atoms with Gasteiger partial charge in [0.25, 0.3) is 0 Å². The van der Waals surface area contributed by atoms with E-state index < -0.39 is 0 Å². The number of aromatic nitrogens is 3. The third-order valence-electron chi connectivity index (χ3n) is 4.33. The topological polar surface area (TPSA) is 78.3 Å². The van der Waals surface area contributed by atoms with E-state index in [1.165, 1.54) is 18.9 Å². The van der Waals surface area contributed by atoms with Gasteiger partial charge in [-0.15, -0.1) is 10.2 Å². The Labute approximate surface area is 184 Å². The van der Waals surface area contributed by atoms with Gasteiger partial charge in [0.05, 0.1) is 18.6 Å². The van der Waals surface area contributed by atoms with Crippen LogP contribution in [0, 0.1) is 6.92 Å². The third-order valence-corrected chi connectivity index (χ3v) is 5.53. The SMILES string of the molecule is CCn1c(COc2ccccc2C)nnc1SCC(=O)Nc1cc(Cl)ccc1OC. The average Bonchev–Trinajstić information content (AvgIpc) is 3.13. The summed E-state index contributed by atoms with van der Waals surface area (Å²) in [5.74, 6) is 2.05. The number of nitrogens with one attached hydrogen (secondary N) is 1. The van der Waals surface area contributed by atoms with Crippen molar-refractivity contribution in [1.29, 1.82) is 0 Å². The van der Waals surface area contributed by atoms with E-state index >= 15 is 0 Å². The Morgan fingerprint density at radius 3 is 2.73 bits per heavy atom. The number of carbonyl (C=O) groups is 1. The number of ether oxygens (including phenoxy) is 2. The molecule has 0 fully saturated rings. The smallest absolute Gasteiger partial charge is 0.234 e. The summed E-state index contributed by atoms with van der Waals surface area (Å²) in [6.07, 6.45) is 0. The van der Waals surface area contributed by atoms with E-state index in [1.54, 1.807) is 18.2 Å². The number of nitrogens with zero attached hydrogens (tertiary/aromatic N) is 3. The maximum atomic E-state index is 12.4. The fourth-order valence-electron chi connectivity index (χ4n) is 2.81. The lowest BCUT2D eigenvalue weighted by Crippen LogP contribution is -2.15. The van der Waals surface area contributed by atoms with Crippen LogP contribution in [0.3, 0.4) is 0 Å². The fourth-order valence-corrected chi connectivity index (χ4v) is 3.80. The molecular formula is C21H23ClN4O3S. The molecule has 0 spiro atoms. The Morgan fingerprint density at radius 1 is 1.20 bits per heavy atom. The molecule has 0 unspecified atom stereocenters. The van der Waals surface area contributed by atoms with Crippen molar-refractivity contribution >= 4 is 35.0 Å². The van der Waals surface area contributed by atoms with E-state index in [9.17, 15) is 4.79 Å². The Kier molecular flexibility index (Phi) is 7.59. The minimum absolute atomic E-state index is 0.173. The van der Waals surface area contributed by atoms with Gasteiger partial charge in [-0.25, -0.2) is 0 Å². The van der Waals surface area contributed by atoms with E-state index in [-0.39, 0.29) is 11.7 Å². The van der Waals surface area contributed by atoms with Gasteiger partial charge in [-0.3, -0.25) is 4.79 Å². The van der Waals surface area contributed by atoms with Crippen LogP contribution in [-0.4, -0.2) is 33.5 Å². The molecule has 3 rings (SSSR count). The molecule has 0 aliphatic rings. The second kappa shape index (κ2) is 10.4. The number of benzene rings is 2. The predicted octanol–water partition coefficient (Wildman–Crippen LogP) is 4.58. The first-order valence-electron chi connectivity index (χ1n) is 9.38. The van der Waals surface area contributed by atoms with Crippen molar-refractivity contribution in [1.82, 2.24) is 14.8 Å². The summed E-state index contributed by atoms with van der Waals surface area (Å²) < 4.78 is 13.1. The minimum Gasteiger partial charge on any atom is -0.495 e. The lowest BCUT2D eigenvalue weighted by molar-refractivity contribution is -0.113. The number of hydrogen-bond donors (Lipinski definition) is 1. The van der Waals surface area contributed by atoms with Gasteiger partial charge in [-0.05, 0) is 43.7 Å². The van der Waals surface area contributed by atoms with Crippen molar-refractivity contribution < 1.29 is 14.3 Å². The van der Waals surface area contributed by atoms with Gasteiger partial charge in [-0.2, -0.15) is 0 Å². The van der Waals surface area contributed by atoms with Gasteiger partial charge >= 0.3 is 0 Å². The van der Waals surface area contributed by atoms with Crippen LogP contribution in [0.1, 0.15) is 18.3 Å². The molecule has 1 N–H and O–H groups in total. The van der Waals surface area contributed by atoms with Crippen LogP contribution >= 0.6 is 23.4 Å². The van der Waals surface area contributed by atoms with Gasteiger partial charge < -0.3 is 19.4 Å². The molecule has 1 aromatic heterocycles. The van der Waals surface area contributed by atoms with E-state index in [0.717, 1.165) is 11.3 Å². The zero-order valence-corrected chi connectivity index (χ0v) is 18.6. The molecular weight excluding hydrogens is 424 g/mol. The van der Waals surface area contributed by atoms with Crippen molar-refractivity contribution in [2.24, 2.45) is 0 Å². The first-order valence-corrected chi connectivity index (χ1v) is 10.7. The maximum absolute atomic E-state index is 12.4. The molecule has 30 heavy (non-hydrogen) atoms. The van der Waals surface area contributed by atoms with E-state index in [4.69, 9.17) is 21.1 Å². The summed E-state index contributed by atoms with van der Waals surface area (Å²) in [6, 6.07) is 12.9. The zero-order valence-electron chi connectivity index (χ0n) is 17.0. The number of methoxy groups -OCH3 is 1. The van der Waals surface area contributed by atoms with Crippen LogP contribution in [0.2, 0.25) is 5.02 Å². The van der Waals surface area contributed by atoms with Crippen LogP contribution in [-0.2, 0) is 17.9 Å². The minimum atomic E-state index is -0.191. The van der Waals surface area contributed by atoms with Crippen LogP contribution < -0.4 is 14.8 Å². The number of thioether (sulfide) groups is 1. The van der Waals surface area contributed by atoms with Gasteiger partial charge in [0.15, 0.2) is 11.0 Å². The molecule has 7 nitrogen and oxygen atoms in total. The Bertz CT molecular complexity index is 1030. The summed E-state index contributed by atoms with van der Waals surface area (Å²) in [5, 5.41) is 12.4. The standard InChI is InChI=1S/C21H23ClN4O3S/c1-4-26-19(12-29-17-8-6-5-7-14(17)2)24-25-21(26)30-13-20(27)23-16-11-15(22)9-10-18(16)28-3/h5-11H,4,12-13H2,1-3H3,(H,23,27).